The van der Waals surface area contributed by atoms with Gasteiger partial charge in [0.1, 0.15) is 0 Å². The average molecular weight is 377 g/mol. The summed E-state index contributed by atoms with van der Waals surface area (Å²) < 4.78 is 6.21. The minimum atomic E-state index is -0.0607. The van der Waals surface area contributed by atoms with Crippen LogP contribution < -0.4 is 5.32 Å². The van der Waals surface area contributed by atoms with Crippen molar-refractivity contribution in [3.05, 3.63) is 22.4 Å². The Morgan fingerprint density at radius 1 is 1.27 bits per heavy atom. The molecule has 1 atom stereocenters. The van der Waals surface area contributed by atoms with E-state index in [0.717, 1.165) is 76.8 Å². The van der Waals surface area contributed by atoms with Gasteiger partial charge in [0.2, 0.25) is 5.91 Å². The van der Waals surface area contributed by atoms with Crippen LogP contribution in [0.3, 0.4) is 0 Å². The molecule has 0 radical (unpaired) electrons. The van der Waals surface area contributed by atoms with Gasteiger partial charge in [-0.05, 0) is 62.3 Å². The molecular formula is C20H28N2O3S. The van der Waals surface area contributed by atoms with Crippen molar-refractivity contribution in [1.82, 2.24) is 10.2 Å². The molecule has 5 nitrogen and oxygen atoms in total. The van der Waals surface area contributed by atoms with Gasteiger partial charge in [-0.3, -0.25) is 9.59 Å². The van der Waals surface area contributed by atoms with E-state index in [0.29, 0.717) is 11.8 Å². The first kappa shape index (κ1) is 18.0. The number of ether oxygens (including phenoxy) is 1. The van der Waals surface area contributed by atoms with Crippen molar-refractivity contribution in [2.24, 2.45) is 11.8 Å². The summed E-state index contributed by atoms with van der Waals surface area (Å²) in [5, 5.41) is 6.97. The largest absolute Gasteiger partial charge is 0.375 e. The van der Waals surface area contributed by atoms with Gasteiger partial charge in [-0.25, -0.2) is 0 Å². The van der Waals surface area contributed by atoms with E-state index >= 15 is 0 Å². The van der Waals surface area contributed by atoms with Gasteiger partial charge in [0.25, 0.3) is 5.91 Å². The summed E-state index contributed by atoms with van der Waals surface area (Å²) >= 11 is 1.57. The Hall–Kier alpha value is -1.40. The fourth-order valence-electron chi connectivity index (χ4n) is 4.30. The first-order valence-electron chi connectivity index (χ1n) is 9.88. The highest BCUT2D eigenvalue weighted by Crippen LogP contribution is 2.39. The van der Waals surface area contributed by atoms with E-state index in [9.17, 15) is 9.59 Å². The molecule has 1 aliphatic carbocycles. The number of nitrogens with zero attached hydrogens (tertiary/aromatic N) is 1. The van der Waals surface area contributed by atoms with Gasteiger partial charge in [0.05, 0.1) is 11.2 Å². The molecule has 3 fully saturated rings. The number of rotatable bonds is 5. The van der Waals surface area contributed by atoms with Crippen LogP contribution in [0.25, 0.3) is 0 Å². The molecule has 2 saturated heterocycles. The quantitative estimate of drug-likeness (QED) is 0.859. The normalized spacial score (nSPS) is 25.2. The van der Waals surface area contributed by atoms with E-state index in [4.69, 9.17) is 4.74 Å². The maximum Gasteiger partial charge on any atom is 0.254 e. The summed E-state index contributed by atoms with van der Waals surface area (Å²) in [5.74, 6) is 1.30. The van der Waals surface area contributed by atoms with E-state index in [1.165, 1.54) is 0 Å². The first-order chi connectivity index (χ1) is 12.7. The van der Waals surface area contributed by atoms with Crippen molar-refractivity contribution >= 4 is 23.2 Å². The van der Waals surface area contributed by atoms with Gasteiger partial charge in [0, 0.05) is 37.5 Å². The minimum absolute atomic E-state index is 0.0607. The highest BCUT2D eigenvalue weighted by molar-refractivity contribution is 7.08. The number of nitrogens with one attached hydrogen (secondary N) is 1. The lowest BCUT2D eigenvalue weighted by atomic mass is 9.78. The molecule has 0 aromatic carbocycles. The van der Waals surface area contributed by atoms with Crippen LogP contribution >= 0.6 is 11.3 Å². The third kappa shape index (κ3) is 4.12. The number of piperidine rings is 1. The molecule has 1 spiro atoms. The lowest BCUT2D eigenvalue weighted by Gasteiger charge is -2.46. The van der Waals surface area contributed by atoms with Crippen LogP contribution in [0.15, 0.2) is 16.8 Å². The second kappa shape index (κ2) is 7.69. The van der Waals surface area contributed by atoms with Crippen LogP contribution in [0.1, 0.15) is 55.3 Å². The van der Waals surface area contributed by atoms with Crippen LogP contribution in [-0.2, 0) is 9.53 Å². The van der Waals surface area contributed by atoms with E-state index in [1.807, 2.05) is 21.7 Å². The van der Waals surface area contributed by atoms with E-state index in [-0.39, 0.29) is 17.4 Å². The van der Waals surface area contributed by atoms with Gasteiger partial charge in [-0.2, -0.15) is 11.3 Å². The Bertz CT molecular complexity index is 633. The molecule has 142 valence electrons. The smallest absolute Gasteiger partial charge is 0.254 e. The summed E-state index contributed by atoms with van der Waals surface area (Å²) in [7, 11) is 0. The van der Waals surface area contributed by atoms with Crippen LogP contribution in [-0.4, -0.2) is 48.6 Å². The molecule has 1 saturated carbocycles. The highest BCUT2D eigenvalue weighted by atomic mass is 32.1. The topological polar surface area (TPSA) is 58.6 Å². The minimum Gasteiger partial charge on any atom is -0.375 e. The summed E-state index contributed by atoms with van der Waals surface area (Å²) in [6, 6.07) is 1.90. The molecule has 1 unspecified atom stereocenters. The summed E-state index contributed by atoms with van der Waals surface area (Å²) in [6.45, 7) is 3.15. The van der Waals surface area contributed by atoms with Gasteiger partial charge < -0.3 is 15.0 Å². The Morgan fingerprint density at radius 3 is 2.77 bits per heavy atom. The van der Waals surface area contributed by atoms with Crippen LogP contribution in [0.2, 0.25) is 0 Å². The van der Waals surface area contributed by atoms with Crippen molar-refractivity contribution in [1.29, 1.82) is 0 Å². The van der Waals surface area contributed by atoms with Gasteiger partial charge >= 0.3 is 0 Å². The zero-order valence-electron chi connectivity index (χ0n) is 15.2. The molecule has 26 heavy (non-hydrogen) atoms. The monoisotopic (exact) mass is 376 g/mol. The summed E-state index contributed by atoms with van der Waals surface area (Å²) in [6.07, 6.45) is 7.16. The van der Waals surface area contributed by atoms with E-state index in [2.05, 4.69) is 5.32 Å². The number of thiophene rings is 1. The van der Waals surface area contributed by atoms with E-state index in [1.54, 1.807) is 11.3 Å². The zero-order valence-corrected chi connectivity index (χ0v) is 16.1. The Labute approximate surface area is 159 Å². The van der Waals surface area contributed by atoms with Crippen molar-refractivity contribution in [2.75, 3.05) is 26.2 Å². The highest BCUT2D eigenvalue weighted by Gasteiger charge is 2.41. The van der Waals surface area contributed by atoms with Crippen molar-refractivity contribution < 1.29 is 14.3 Å². The number of hydrogen-bond donors (Lipinski definition) is 1. The van der Waals surface area contributed by atoms with Gasteiger partial charge in [-0.1, -0.05) is 0 Å². The third-order valence-corrected chi connectivity index (χ3v) is 6.81. The molecule has 2 aliphatic heterocycles. The van der Waals surface area contributed by atoms with E-state index < -0.39 is 0 Å². The fourth-order valence-corrected chi connectivity index (χ4v) is 4.93. The molecule has 0 bridgehead atoms. The van der Waals surface area contributed by atoms with Crippen LogP contribution in [0.5, 0.6) is 0 Å². The van der Waals surface area contributed by atoms with Crippen molar-refractivity contribution in [2.45, 2.75) is 50.5 Å². The summed E-state index contributed by atoms with van der Waals surface area (Å²) in [5.41, 5.74) is 0.745. The fraction of sp³-hybridized carbons (Fsp3) is 0.700. The molecule has 1 aromatic heterocycles. The predicted octanol–water partition coefficient (Wildman–Crippen LogP) is 3.07. The Kier molecular flexibility index (Phi) is 5.32. The molecule has 1 N–H and O–H groups in total. The number of likely N-dealkylation sites (tertiary alicyclic amines) is 1. The Balaban J connectivity index is 1.25. The molecular weight excluding hydrogens is 348 g/mol. The van der Waals surface area contributed by atoms with Crippen molar-refractivity contribution in [3.63, 3.8) is 0 Å². The SMILES string of the molecule is O=C(NCCC1CCOC2(CCN(C(=O)c3ccsc3)CC2)C1)C1CC1. The first-order valence-corrected chi connectivity index (χ1v) is 10.8. The van der Waals surface area contributed by atoms with Crippen LogP contribution in [0.4, 0.5) is 0 Å². The standard InChI is InChI=1S/C20H28N2O3S/c23-18(16-1-2-16)21-8-3-15-4-11-25-20(13-15)6-9-22(10-7-20)19(24)17-5-12-26-14-17/h5,12,14-16H,1-4,6-11,13H2,(H,21,23). The van der Waals surface area contributed by atoms with Crippen molar-refractivity contribution in [3.8, 4) is 0 Å². The molecule has 2 amide bonds. The van der Waals surface area contributed by atoms with Gasteiger partial charge in [0.15, 0.2) is 0 Å². The van der Waals surface area contributed by atoms with Gasteiger partial charge in [-0.15, -0.1) is 0 Å². The Morgan fingerprint density at radius 2 is 2.08 bits per heavy atom. The molecule has 3 heterocycles. The van der Waals surface area contributed by atoms with Crippen LogP contribution in [0, 0.1) is 11.8 Å². The zero-order chi connectivity index (χ0) is 18.0. The maximum absolute atomic E-state index is 12.5. The molecule has 3 aliphatic rings. The summed E-state index contributed by atoms with van der Waals surface area (Å²) in [4.78, 5) is 26.2. The molecule has 6 heteroatoms. The lowest BCUT2D eigenvalue weighted by molar-refractivity contribution is -0.125. The predicted molar refractivity (Wildman–Crippen MR) is 101 cm³/mol. The second-order valence-corrected chi connectivity index (χ2v) is 8.83. The number of carbonyl (C=O) groups excluding carboxylic acids is 2. The third-order valence-electron chi connectivity index (χ3n) is 6.13. The maximum atomic E-state index is 12.5. The number of amides is 2. The number of hydrogen-bond acceptors (Lipinski definition) is 4. The number of carbonyl (C=O) groups is 2. The second-order valence-electron chi connectivity index (χ2n) is 8.05. The average Bonchev–Trinajstić information content (AvgIpc) is 3.36. The molecule has 4 rings (SSSR count). The lowest BCUT2D eigenvalue weighted by Crippen LogP contribution is -2.51. The molecule has 1 aromatic rings.